The smallest absolute Gasteiger partial charge is 0.0714 e. The molecule has 0 saturated carbocycles. The molecule has 0 aliphatic carbocycles. The summed E-state index contributed by atoms with van der Waals surface area (Å²) in [6, 6.07) is 0.654. The third-order valence-electron chi connectivity index (χ3n) is 2.16. The lowest BCUT2D eigenvalue weighted by molar-refractivity contribution is 0.0637. The van der Waals surface area contributed by atoms with Crippen molar-refractivity contribution >= 4 is 0 Å². The molecular formula is C9H19NO. The molecule has 0 spiro atoms. The molecule has 2 heteroatoms. The molecule has 0 amide bonds. The van der Waals surface area contributed by atoms with E-state index in [1.807, 2.05) is 0 Å². The summed E-state index contributed by atoms with van der Waals surface area (Å²) in [6.45, 7) is 6.39. The number of unbranched alkanes of at least 4 members (excludes halogenated alkanes) is 1. The molecule has 0 radical (unpaired) electrons. The van der Waals surface area contributed by atoms with E-state index in [4.69, 9.17) is 4.74 Å². The molecule has 1 rings (SSSR count). The van der Waals surface area contributed by atoms with Crippen molar-refractivity contribution in [3.8, 4) is 0 Å². The van der Waals surface area contributed by atoms with Gasteiger partial charge in [-0.3, -0.25) is 0 Å². The fraction of sp³-hybridized carbons (Fsp3) is 1.00. The maximum atomic E-state index is 5.65. The number of nitrogens with one attached hydrogen (secondary N) is 1. The summed E-state index contributed by atoms with van der Waals surface area (Å²) in [6.07, 6.45) is 4.10. The lowest BCUT2D eigenvalue weighted by Crippen LogP contribution is -2.19. The minimum absolute atomic E-state index is 0.483. The zero-order valence-corrected chi connectivity index (χ0v) is 7.60. The topological polar surface area (TPSA) is 21.3 Å². The van der Waals surface area contributed by atoms with Crippen LogP contribution in [-0.2, 0) is 4.74 Å². The first-order chi connectivity index (χ1) is 5.33. The molecule has 1 fully saturated rings. The van der Waals surface area contributed by atoms with Crippen LogP contribution in [0, 0.1) is 0 Å². The van der Waals surface area contributed by atoms with Gasteiger partial charge in [0, 0.05) is 19.2 Å². The van der Waals surface area contributed by atoms with Crippen LogP contribution >= 0.6 is 0 Å². The first-order valence-corrected chi connectivity index (χ1v) is 4.68. The zero-order chi connectivity index (χ0) is 8.10. The SMILES string of the molecule is CCCCO[C@@H]1CN[C@@H](C)C1. The van der Waals surface area contributed by atoms with Gasteiger partial charge in [0.1, 0.15) is 0 Å². The number of ether oxygens (including phenoxy) is 1. The summed E-state index contributed by atoms with van der Waals surface area (Å²) in [4.78, 5) is 0. The quantitative estimate of drug-likeness (QED) is 0.625. The molecule has 2 atom stereocenters. The second kappa shape index (κ2) is 4.73. The second-order valence-corrected chi connectivity index (χ2v) is 3.39. The molecule has 1 aliphatic heterocycles. The molecule has 0 aromatic carbocycles. The number of rotatable bonds is 4. The Labute approximate surface area is 69.3 Å². The minimum Gasteiger partial charge on any atom is -0.377 e. The van der Waals surface area contributed by atoms with Gasteiger partial charge in [0.05, 0.1) is 6.10 Å². The molecule has 1 aliphatic rings. The summed E-state index contributed by atoms with van der Waals surface area (Å²) in [7, 11) is 0. The first kappa shape index (κ1) is 9.01. The van der Waals surface area contributed by atoms with Crippen LogP contribution in [0.5, 0.6) is 0 Å². The molecule has 0 aromatic heterocycles. The van der Waals surface area contributed by atoms with Gasteiger partial charge in [-0.1, -0.05) is 13.3 Å². The van der Waals surface area contributed by atoms with Gasteiger partial charge in [0.15, 0.2) is 0 Å². The summed E-state index contributed by atoms with van der Waals surface area (Å²) >= 11 is 0. The fourth-order valence-electron chi connectivity index (χ4n) is 1.41. The van der Waals surface area contributed by atoms with E-state index >= 15 is 0 Å². The third-order valence-corrected chi connectivity index (χ3v) is 2.16. The van der Waals surface area contributed by atoms with Gasteiger partial charge in [0.2, 0.25) is 0 Å². The summed E-state index contributed by atoms with van der Waals surface area (Å²) in [5.41, 5.74) is 0. The van der Waals surface area contributed by atoms with Crippen LogP contribution in [0.15, 0.2) is 0 Å². The number of hydrogen-bond donors (Lipinski definition) is 1. The fourth-order valence-corrected chi connectivity index (χ4v) is 1.41. The second-order valence-electron chi connectivity index (χ2n) is 3.39. The lowest BCUT2D eigenvalue weighted by Gasteiger charge is -2.09. The summed E-state index contributed by atoms with van der Waals surface area (Å²) in [5.74, 6) is 0. The first-order valence-electron chi connectivity index (χ1n) is 4.68. The van der Waals surface area contributed by atoms with Gasteiger partial charge < -0.3 is 10.1 Å². The van der Waals surface area contributed by atoms with E-state index in [2.05, 4.69) is 19.2 Å². The van der Waals surface area contributed by atoms with Crippen LogP contribution < -0.4 is 5.32 Å². The Kier molecular flexibility index (Phi) is 3.87. The molecule has 2 nitrogen and oxygen atoms in total. The predicted molar refractivity (Wildman–Crippen MR) is 46.7 cm³/mol. The Hall–Kier alpha value is -0.0800. The summed E-state index contributed by atoms with van der Waals surface area (Å²) in [5, 5.41) is 3.37. The highest BCUT2D eigenvalue weighted by atomic mass is 16.5. The Balaban J connectivity index is 1.99. The van der Waals surface area contributed by atoms with Crippen molar-refractivity contribution in [3.05, 3.63) is 0 Å². The predicted octanol–water partition coefficient (Wildman–Crippen LogP) is 1.55. The minimum atomic E-state index is 0.483. The van der Waals surface area contributed by atoms with Crippen molar-refractivity contribution in [1.82, 2.24) is 5.32 Å². The molecule has 1 saturated heterocycles. The highest BCUT2D eigenvalue weighted by Crippen LogP contribution is 2.09. The van der Waals surface area contributed by atoms with E-state index < -0.39 is 0 Å². The standard InChI is InChI=1S/C9H19NO/c1-3-4-5-11-9-6-8(2)10-7-9/h8-10H,3-7H2,1-2H3/t8-,9-/m0/s1. The average molecular weight is 157 g/mol. The van der Waals surface area contributed by atoms with Crippen LogP contribution in [0.1, 0.15) is 33.1 Å². The van der Waals surface area contributed by atoms with Gasteiger partial charge in [-0.15, -0.1) is 0 Å². The van der Waals surface area contributed by atoms with Gasteiger partial charge in [0.25, 0.3) is 0 Å². The van der Waals surface area contributed by atoms with E-state index in [1.165, 1.54) is 19.3 Å². The zero-order valence-electron chi connectivity index (χ0n) is 7.60. The van der Waals surface area contributed by atoms with Gasteiger partial charge in [-0.2, -0.15) is 0 Å². The molecule has 11 heavy (non-hydrogen) atoms. The summed E-state index contributed by atoms with van der Waals surface area (Å²) < 4.78 is 5.65. The van der Waals surface area contributed by atoms with Crippen molar-refractivity contribution in [2.24, 2.45) is 0 Å². The Morgan fingerprint density at radius 2 is 2.36 bits per heavy atom. The molecule has 1 N–H and O–H groups in total. The highest BCUT2D eigenvalue weighted by Gasteiger charge is 2.20. The number of hydrogen-bond acceptors (Lipinski definition) is 2. The molecule has 0 aromatic rings. The van der Waals surface area contributed by atoms with Crippen LogP contribution in [0.25, 0.3) is 0 Å². The van der Waals surface area contributed by atoms with E-state index in [0.717, 1.165) is 13.2 Å². The van der Waals surface area contributed by atoms with E-state index in [0.29, 0.717) is 12.1 Å². The maximum Gasteiger partial charge on any atom is 0.0714 e. The van der Waals surface area contributed by atoms with E-state index in [-0.39, 0.29) is 0 Å². The van der Waals surface area contributed by atoms with Gasteiger partial charge >= 0.3 is 0 Å². The van der Waals surface area contributed by atoms with Crippen LogP contribution in [0.4, 0.5) is 0 Å². The molecule has 1 heterocycles. The highest BCUT2D eigenvalue weighted by molar-refractivity contribution is 4.78. The monoisotopic (exact) mass is 157 g/mol. The van der Waals surface area contributed by atoms with Crippen molar-refractivity contribution < 1.29 is 4.74 Å². The van der Waals surface area contributed by atoms with E-state index in [9.17, 15) is 0 Å². The third kappa shape index (κ3) is 3.21. The van der Waals surface area contributed by atoms with Crippen molar-refractivity contribution in [3.63, 3.8) is 0 Å². The van der Waals surface area contributed by atoms with Crippen molar-refractivity contribution in [2.75, 3.05) is 13.2 Å². The van der Waals surface area contributed by atoms with Crippen LogP contribution in [0.3, 0.4) is 0 Å². The van der Waals surface area contributed by atoms with Gasteiger partial charge in [-0.05, 0) is 19.8 Å². The average Bonchev–Trinajstić information content (AvgIpc) is 2.37. The largest absolute Gasteiger partial charge is 0.377 e. The molecule has 0 unspecified atom stereocenters. The normalized spacial score (nSPS) is 31.1. The lowest BCUT2D eigenvalue weighted by atomic mass is 10.2. The van der Waals surface area contributed by atoms with E-state index in [1.54, 1.807) is 0 Å². The molecule has 66 valence electrons. The van der Waals surface area contributed by atoms with Crippen LogP contribution in [-0.4, -0.2) is 25.3 Å². The Bertz CT molecular complexity index is 106. The van der Waals surface area contributed by atoms with Crippen LogP contribution in [0.2, 0.25) is 0 Å². The molecular weight excluding hydrogens is 138 g/mol. The van der Waals surface area contributed by atoms with Gasteiger partial charge in [-0.25, -0.2) is 0 Å². The maximum absolute atomic E-state index is 5.65. The Morgan fingerprint density at radius 3 is 2.91 bits per heavy atom. The van der Waals surface area contributed by atoms with Crippen molar-refractivity contribution in [2.45, 2.75) is 45.3 Å². The Morgan fingerprint density at radius 1 is 1.55 bits per heavy atom. The van der Waals surface area contributed by atoms with Crippen molar-refractivity contribution in [1.29, 1.82) is 0 Å². The molecule has 0 bridgehead atoms.